The molecule has 1 N–H and O–H groups in total. The second-order valence-electron chi connectivity index (χ2n) is 4.04. The van der Waals surface area contributed by atoms with Crippen molar-refractivity contribution >= 4 is 11.6 Å². The molecule has 0 fully saturated rings. The summed E-state index contributed by atoms with van der Waals surface area (Å²) < 4.78 is 0. The van der Waals surface area contributed by atoms with Gasteiger partial charge in [0.1, 0.15) is 0 Å². The molecule has 0 aliphatic carbocycles. The van der Waals surface area contributed by atoms with Crippen molar-refractivity contribution < 1.29 is 5.11 Å². The van der Waals surface area contributed by atoms with E-state index in [9.17, 15) is 5.11 Å². The van der Waals surface area contributed by atoms with Gasteiger partial charge in [-0.05, 0) is 30.2 Å². The fourth-order valence-corrected chi connectivity index (χ4v) is 1.88. The minimum Gasteiger partial charge on any atom is -0.388 e. The highest BCUT2D eigenvalue weighted by Crippen LogP contribution is 2.22. The number of rotatable bonds is 3. The van der Waals surface area contributed by atoms with Crippen LogP contribution in [0.2, 0.25) is 5.02 Å². The Kier molecular flexibility index (Phi) is 3.77. The highest BCUT2D eigenvalue weighted by Gasteiger charge is 2.10. The van der Waals surface area contributed by atoms with Gasteiger partial charge in [0.2, 0.25) is 0 Å². The first kappa shape index (κ1) is 12.1. The summed E-state index contributed by atoms with van der Waals surface area (Å²) in [6.45, 7) is 1.92. The quantitative estimate of drug-likeness (QED) is 0.903. The Hall–Kier alpha value is -1.38. The normalized spacial score (nSPS) is 12.4. The number of aliphatic hydroxyl groups is 1. The lowest BCUT2D eigenvalue weighted by Gasteiger charge is -2.11. The van der Waals surface area contributed by atoms with Gasteiger partial charge >= 0.3 is 0 Å². The molecule has 88 valence electrons. The Bertz CT molecular complexity index is 496. The van der Waals surface area contributed by atoms with Gasteiger partial charge in [0.25, 0.3) is 0 Å². The molecule has 0 amide bonds. The van der Waals surface area contributed by atoms with Crippen LogP contribution >= 0.6 is 11.6 Å². The third-order valence-electron chi connectivity index (χ3n) is 2.69. The molecule has 1 unspecified atom stereocenters. The van der Waals surface area contributed by atoms with Crippen molar-refractivity contribution in [2.75, 3.05) is 0 Å². The Morgan fingerprint density at radius 1 is 1.24 bits per heavy atom. The average molecular weight is 248 g/mol. The van der Waals surface area contributed by atoms with E-state index in [1.165, 1.54) is 0 Å². The van der Waals surface area contributed by atoms with Gasteiger partial charge < -0.3 is 5.11 Å². The molecule has 17 heavy (non-hydrogen) atoms. The van der Waals surface area contributed by atoms with E-state index in [4.69, 9.17) is 11.6 Å². The van der Waals surface area contributed by atoms with Crippen molar-refractivity contribution in [2.24, 2.45) is 0 Å². The topological polar surface area (TPSA) is 33.1 Å². The maximum Gasteiger partial charge on any atom is 0.0845 e. The van der Waals surface area contributed by atoms with E-state index in [0.717, 1.165) is 16.8 Å². The molecule has 2 rings (SSSR count). The molecule has 0 aliphatic rings. The van der Waals surface area contributed by atoms with Crippen LogP contribution in [0.1, 0.15) is 22.9 Å². The van der Waals surface area contributed by atoms with Gasteiger partial charge in [0, 0.05) is 23.3 Å². The zero-order chi connectivity index (χ0) is 12.3. The maximum absolute atomic E-state index is 10.1. The second-order valence-corrected chi connectivity index (χ2v) is 4.45. The Balaban J connectivity index is 2.14. The molecule has 1 atom stereocenters. The SMILES string of the molecule is Cc1ccc(C(O)Cc2ccccc2Cl)cn1. The fraction of sp³-hybridized carbons (Fsp3) is 0.214. The minimum atomic E-state index is -0.567. The summed E-state index contributed by atoms with van der Waals surface area (Å²) in [5.41, 5.74) is 2.71. The number of hydrogen-bond acceptors (Lipinski definition) is 2. The van der Waals surface area contributed by atoms with E-state index in [1.54, 1.807) is 6.20 Å². The van der Waals surface area contributed by atoms with Crippen LogP contribution in [-0.4, -0.2) is 10.1 Å². The van der Waals surface area contributed by atoms with Crippen molar-refractivity contribution in [2.45, 2.75) is 19.4 Å². The van der Waals surface area contributed by atoms with Crippen molar-refractivity contribution in [1.82, 2.24) is 4.98 Å². The molecular formula is C14H14ClNO. The van der Waals surface area contributed by atoms with Crippen molar-refractivity contribution in [1.29, 1.82) is 0 Å². The van der Waals surface area contributed by atoms with Crippen LogP contribution in [0.25, 0.3) is 0 Å². The molecule has 0 saturated carbocycles. The van der Waals surface area contributed by atoms with Gasteiger partial charge in [-0.25, -0.2) is 0 Å². The maximum atomic E-state index is 10.1. The summed E-state index contributed by atoms with van der Waals surface area (Å²) in [4.78, 5) is 4.17. The monoisotopic (exact) mass is 247 g/mol. The van der Waals surface area contributed by atoms with E-state index in [2.05, 4.69) is 4.98 Å². The van der Waals surface area contributed by atoms with Crippen LogP contribution in [-0.2, 0) is 6.42 Å². The number of hydrogen-bond donors (Lipinski definition) is 1. The summed E-state index contributed by atoms with van der Waals surface area (Å²) >= 11 is 6.05. The Morgan fingerprint density at radius 3 is 2.65 bits per heavy atom. The van der Waals surface area contributed by atoms with Gasteiger partial charge in [0.15, 0.2) is 0 Å². The summed E-state index contributed by atoms with van der Waals surface area (Å²) in [7, 11) is 0. The number of aromatic nitrogens is 1. The van der Waals surface area contributed by atoms with Gasteiger partial charge in [0.05, 0.1) is 6.10 Å². The van der Waals surface area contributed by atoms with Crippen LogP contribution < -0.4 is 0 Å². The molecule has 1 heterocycles. The molecule has 3 heteroatoms. The highest BCUT2D eigenvalue weighted by atomic mass is 35.5. The zero-order valence-electron chi connectivity index (χ0n) is 9.60. The molecule has 0 bridgehead atoms. The summed E-state index contributed by atoms with van der Waals surface area (Å²) in [5.74, 6) is 0. The van der Waals surface area contributed by atoms with Crippen LogP contribution in [0.3, 0.4) is 0 Å². The lowest BCUT2D eigenvalue weighted by molar-refractivity contribution is 0.178. The van der Waals surface area contributed by atoms with Gasteiger partial charge in [-0.3, -0.25) is 4.98 Å². The van der Waals surface area contributed by atoms with E-state index in [-0.39, 0.29) is 0 Å². The number of pyridine rings is 1. The standard InChI is InChI=1S/C14H14ClNO/c1-10-6-7-12(9-16-10)14(17)8-11-4-2-3-5-13(11)15/h2-7,9,14,17H,8H2,1H3. The van der Waals surface area contributed by atoms with Gasteiger partial charge in [-0.1, -0.05) is 35.9 Å². The largest absolute Gasteiger partial charge is 0.388 e. The number of nitrogens with zero attached hydrogens (tertiary/aromatic N) is 1. The molecular weight excluding hydrogens is 234 g/mol. The molecule has 1 aromatic carbocycles. The first-order chi connectivity index (χ1) is 8.16. The number of aliphatic hydroxyl groups excluding tert-OH is 1. The summed E-state index contributed by atoms with van der Waals surface area (Å²) in [6.07, 6.45) is 1.64. The van der Waals surface area contributed by atoms with E-state index >= 15 is 0 Å². The lowest BCUT2D eigenvalue weighted by Crippen LogP contribution is -2.03. The first-order valence-electron chi connectivity index (χ1n) is 5.51. The molecule has 2 nitrogen and oxygen atoms in total. The molecule has 0 saturated heterocycles. The van der Waals surface area contributed by atoms with Crippen LogP contribution in [0.5, 0.6) is 0 Å². The number of benzene rings is 1. The third kappa shape index (κ3) is 3.05. The third-order valence-corrected chi connectivity index (χ3v) is 3.06. The zero-order valence-corrected chi connectivity index (χ0v) is 10.4. The second kappa shape index (κ2) is 5.30. The van der Waals surface area contributed by atoms with Gasteiger partial charge in [-0.2, -0.15) is 0 Å². The fourth-order valence-electron chi connectivity index (χ4n) is 1.67. The van der Waals surface area contributed by atoms with Crippen molar-refractivity contribution in [3.05, 3.63) is 64.4 Å². The molecule has 0 aliphatic heterocycles. The van der Waals surface area contributed by atoms with Crippen molar-refractivity contribution in [3.8, 4) is 0 Å². The molecule has 2 aromatic rings. The van der Waals surface area contributed by atoms with Crippen molar-refractivity contribution in [3.63, 3.8) is 0 Å². The van der Waals surface area contributed by atoms with E-state index < -0.39 is 6.10 Å². The molecule has 0 radical (unpaired) electrons. The number of aryl methyl sites for hydroxylation is 1. The molecule has 1 aromatic heterocycles. The first-order valence-corrected chi connectivity index (χ1v) is 5.88. The Labute approximate surface area is 106 Å². The minimum absolute atomic E-state index is 0.504. The predicted molar refractivity (Wildman–Crippen MR) is 69.1 cm³/mol. The van der Waals surface area contributed by atoms with E-state index in [0.29, 0.717) is 11.4 Å². The van der Waals surface area contributed by atoms with Crippen LogP contribution in [0, 0.1) is 6.92 Å². The predicted octanol–water partition coefficient (Wildman–Crippen LogP) is 3.32. The highest BCUT2D eigenvalue weighted by molar-refractivity contribution is 6.31. The van der Waals surface area contributed by atoms with Gasteiger partial charge in [-0.15, -0.1) is 0 Å². The average Bonchev–Trinajstić information content (AvgIpc) is 2.33. The van der Waals surface area contributed by atoms with Crippen LogP contribution in [0.15, 0.2) is 42.6 Å². The summed E-state index contributed by atoms with van der Waals surface area (Å²) in [5, 5.41) is 10.8. The smallest absolute Gasteiger partial charge is 0.0845 e. The Morgan fingerprint density at radius 2 is 2.00 bits per heavy atom. The van der Waals surface area contributed by atoms with E-state index in [1.807, 2.05) is 43.3 Å². The lowest BCUT2D eigenvalue weighted by atomic mass is 10.0. The number of halogens is 1. The van der Waals surface area contributed by atoms with Crippen LogP contribution in [0.4, 0.5) is 0 Å². The molecule has 0 spiro atoms. The summed E-state index contributed by atoms with van der Waals surface area (Å²) in [6, 6.07) is 11.3.